The van der Waals surface area contributed by atoms with E-state index in [1.165, 1.54) is 12.8 Å². The van der Waals surface area contributed by atoms with E-state index in [9.17, 15) is 4.79 Å². The topological polar surface area (TPSA) is 20.3 Å². The summed E-state index contributed by atoms with van der Waals surface area (Å²) in [7, 11) is 0. The molecule has 1 amide bonds. The summed E-state index contributed by atoms with van der Waals surface area (Å²) < 4.78 is 0.769. The Morgan fingerprint density at radius 2 is 2.05 bits per heavy atom. The summed E-state index contributed by atoms with van der Waals surface area (Å²) in [5.41, 5.74) is 0.587. The van der Waals surface area contributed by atoms with Crippen molar-refractivity contribution in [1.82, 2.24) is 4.90 Å². The van der Waals surface area contributed by atoms with E-state index < -0.39 is 0 Å². The molecule has 2 nitrogen and oxygen atoms in total. The molecule has 0 bridgehead atoms. The highest BCUT2D eigenvalue weighted by Crippen LogP contribution is 2.30. The zero-order valence-electron chi connectivity index (χ0n) is 10.5. The summed E-state index contributed by atoms with van der Waals surface area (Å²) >= 11 is 13.0. The first-order chi connectivity index (χ1) is 9.15. The molecule has 1 aliphatic carbocycles. The van der Waals surface area contributed by atoms with Gasteiger partial charge in [0.1, 0.15) is 0 Å². The van der Waals surface area contributed by atoms with Crippen molar-refractivity contribution in [3.05, 3.63) is 33.3 Å². The Labute approximate surface area is 135 Å². The predicted molar refractivity (Wildman–Crippen MR) is 86.2 cm³/mol. The highest BCUT2D eigenvalue weighted by Gasteiger charge is 2.28. The lowest BCUT2D eigenvalue weighted by Crippen LogP contribution is -2.40. The van der Waals surface area contributed by atoms with Gasteiger partial charge in [-0.25, -0.2) is 0 Å². The molecule has 19 heavy (non-hydrogen) atoms. The maximum Gasteiger partial charge on any atom is 0.255 e. The summed E-state index contributed by atoms with van der Waals surface area (Å²) in [4.78, 5) is 14.7. The van der Waals surface area contributed by atoms with Gasteiger partial charge >= 0.3 is 0 Å². The van der Waals surface area contributed by atoms with Gasteiger partial charge in [-0.05, 0) is 40.9 Å². The van der Waals surface area contributed by atoms with Crippen LogP contribution in [0.3, 0.4) is 0 Å². The molecular weight excluding hydrogens is 393 g/mol. The van der Waals surface area contributed by atoms with Gasteiger partial charge < -0.3 is 4.90 Å². The lowest BCUT2D eigenvalue weighted by atomic mass is 10.1. The Kier molecular flexibility index (Phi) is 5.72. The second-order valence-corrected chi connectivity index (χ2v) is 6.75. The van der Waals surface area contributed by atoms with Gasteiger partial charge in [-0.2, -0.15) is 0 Å². The number of carbonyl (C=O) groups excluding carboxylic acids is 1. The Hall–Kier alpha value is -0.0600. The van der Waals surface area contributed by atoms with E-state index in [1.54, 1.807) is 6.07 Å². The van der Waals surface area contributed by atoms with Gasteiger partial charge in [0.2, 0.25) is 0 Å². The van der Waals surface area contributed by atoms with Crippen LogP contribution in [0.4, 0.5) is 0 Å². The van der Waals surface area contributed by atoms with Crippen molar-refractivity contribution in [2.45, 2.75) is 31.7 Å². The van der Waals surface area contributed by atoms with E-state index >= 15 is 0 Å². The van der Waals surface area contributed by atoms with Crippen LogP contribution in [0.15, 0.2) is 22.7 Å². The Bertz CT molecular complexity index is 461. The third-order valence-corrected chi connectivity index (χ3v) is 5.18. The van der Waals surface area contributed by atoms with Crippen LogP contribution in [0.5, 0.6) is 0 Å². The molecule has 0 radical (unpaired) electrons. The lowest BCUT2D eigenvalue weighted by molar-refractivity contribution is 0.0696. The number of hydrogen-bond acceptors (Lipinski definition) is 1. The minimum absolute atomic E-state index is 0.0395. The number of nitrogens with zero attached hydrogens (tertiary/aromatic N) is 1. The maximum atomic E-state index is 12.7. The second-order valence-electron chi connectivity index (χ2n) is 4.73. The molecule has 0 spiro atoms. The number of carbonyl (C=O) groups is 1. The molecule has 2 rings (SSSR count). The van der Waals surface area contributed by atoms with E-state index in [-0.39, 0.29) is 5.91 Å². The molecule has 0 unspecified atom stereocenters. The van der Waals surface area contributed by atoms with Crippen LogP contribution in [-0.2, 0) is 0 Å². The molecule has 1 aromatic rings. The number of halogens is 3. The Balaban J connectivity index is 2.25. The fourth-order valence-corrected chi connectivity index (χ4v) is 3.54. The molecule has 104 valence electrons. The van der Waals surface area contributed by atoms with Crippen LogP contribution in [-0.4, -0.2) is 28.7 Å². The first kappa shape index (κ1) is 15.3. The number of alkyl halides is 1. The number of hydrogen-bond donors (Lipinski definition) is 0. The molecular formula is C14H16Br2ClNO. The molecule has 1 aromatic carbocycles. The zero-order valence-corrected chi connectivity index (χ0v) is 14.5. The van der Waals surface area contributed by atoms with Crippen molar-refractivity contribution in [3.8, 4) is 0 Å². The van der Waals surface area contributed by atoms with Gasteiger partial charge in [0.05, 0.1) is 10.6 Å². The number of amides is 1. The smallest absolute Gasteiger partial charge is 0.255 e. The number of benzene rings is 1. The van der Waals surface area contributed by atoms with E-state index in [4.69, 9.17) is 11.6 Å². The van der Waals surface area contributed by atoms with Gasteiger partial charge in [0.15, 0.2) is 0 Å². The van der Waals surface area contributed by atoms with Crippen molar-refractivity contribution in [1.29, 1.82) is 0 Å². The van der Waals surface area contributed by atoms with Crippen LogP contribution in [0.1, 0.15) is 36.0 Å². The maximum absolute atomic E-state index is 12.7. The first-order valence-electron chi connectivity index (χ1n) is 6.46. The molecule has 0 aromatic heterocycles. The SMILES string of the molecule is O=C(c1cccc(Br)c1Cl)N(CCBr)C1CCCC1. The van der Waals surface area contributed by atoms with Gasteiger partial charge in [0.25, 0.3) is 5.91 Å². The van der Waals surface area contributed by atoms with Crippen LogP contribution in [0.2, 0.25) is 5.02 Å². The largest absolute Gasteiger partial charge is 0.335 e. The molecule has 1 aliphatic rings. The highest BCUT2D eigenvalue weighted by molar-refractivity contribution is 9.10. The van der Waals surface area contributed by atoms with Gasteiger partial charge in [0, 0.05) is 22.4 Å². The monoisotopic (exact) mass is 407 g/mol. The molecule has 5 heteroatoms. The van der Waals surface area contributed by atoms with Crippen LogP contribution < -0.4 is 0 Å². The number of rotatable bonds is 4. The van der Waals surface area contributed by atoms with Crippen LogP contribution >= 0.6 is 43.5 Å². The average molecular weight is 410 g/mol. The summed E-state index contributed by atoms with van der Waals surface area (Å²) in [6, 6.07) is 5.86. The van der Waals surface area contributed by atoms with Crippen molar-refractivity contribution in [2.75, 3.05) is 11.9 Å². The lowest BCUT2D eigenvalue weighted by Gasteiger charge is -2.29. The molecule has 0 heterocycles. The summed E-state index contributed by atoms with van der Waals surface area (Å²) in [5.74, 6) is 0.0395. The minimum Gasteiger partial charge on any atom is -0.335 e. The fraction of sp³-hybridized carbons (Fsp3) is 0.500. The van der Waals surface area contributed by atoms with Crippen molar-refractivity contribution >= 4 is 49.4 Å². The summed E-state index contributed by atoms with van der Waals surface area (Å²) in [6.07, 6.45) is 4.63. The van der Waals surface area contributed by atoms with E-state index in [1.807, 2.05) is 17.0 Å². The third-order valence-electron chi connectivity index (χ3n) is 3.53. The average Bonchev–Trinajstić information content (AvgIpc) is 2.92. The van der Waals surface area contributed by atoms with Gasteiger partial charge in [-0.1, -0.05) is 46.4 Å². The molecule has 0 aliphatic heterocycles. The van der Waals surface area contributed by atoms with Crippen LogP contribution in [0, 0.1) is 0 Å². The van der Waals surface area contributed by atoms with E-state index in [0.717, 1.165) is 29.2 Å². The first-order valence-corrected chi connectivity index (χ1v) is 8.75. The van der Waals surface area contributed by atoms with Gasteiger partial charge in [-0.3, -0.25) is 4.79 Å². The predicted octanol–water partition coefficient (Wildman–Crippen LogP) is 4.88. The van der Waals surface area contributed by atoms with E-state index in [0.29, 0.717) is 16.6 Å². The zero-order chi connectivity index (χ0) is 13.8. The molecule has 0 atom stereocenters. The third kappa shape index (κ3) is 3.53. The molecule has 1 saturated carbocycles. The quantitative estimate of drug-likeness (QED) is 0.649. The minimum atomic E-state index is 0.0395. The van der Waals surface area contributed by atoms with Crippen molar-refractivity contribution in [3.63, 3.8) is 0 Å². The summed E-state index contributed by atoms with van der Waals surface area (Å²) in [5, 5.41) is 1.30. The fourth-order valence-electron chi connectivity index (χ4n) is 2.58. The van der Waals surface area contributed by atoms with E-state index in [2.05, 4.69) is 31.9 Å². The highest BCUT2D eigenvalue weighted by atomic mass is 79.9. The Morgan fingerprint density at radius 3 is 2.68 bits per heavy atom. The Morgan fingerprint density at radius 1 is 1.37 bits per heavy atom. The molecule has 1 fully saturated rings. The summed E-state index contributed by atoms with van der Waals surface area (Å²) in [6.45, 7) is 0.729. The van der Waals surface area contributed by atoms with Crippen molar-refractivity contribution < 1.29 is 4.79 Å². The normalized spacial score (nSPS) is 15.7. The van der Waals surface area contributed by atoms with Gasteiger partial charge in [-0.15, -0.1) is 0 Å². The molecule has 0 saturated heterocycles. The molecule has 0 N–H and O–H groups in total. The second kappa shape index (κ2) is 7.09. The standard InChI is InChI=1S/C14H16Br2ClNO/c15-8-9-18(10-4-1-2-5-10)14(19)11-6-3-7-12(16)13(11)17/h3,6-7,10H,1-2,4-5,8-9H2. The van der Waals surface area contributed by atoms with Crippen molar-refractivity contribution in [2.24, 2.45) is 0 Å². The van der Waals surface area contributed by atoms with Crippen LogP contribution in [0.25, 0.3) is 0 Å².